The summed E-state index contributed by atoms with van der Waals surface area (Å²) in [4.78, 5) is 51.7. The summed E-state index contributed by atoms with van der Waals surface area (Å²) in [7, 11) is 0. The van der Waals surface area contributed by atoms with Crippen LogP contribution in [0.1, 0.15) is 24.0 Å². The van der Waals surface area contributed by atoms with E-state index in [0.29, 0.717) is 12.0 Å². The number of hydrogen-bond donors (Lipinski definition) is 6. The zero-order valence-corrected chi connectivity index (χ0v) is 19.7. The molecule has 1 aromatic heterocycles. The standard InChI is InChI=1S/C25H27N3O6S/c29-22(30)11-10-19(27-24(32)21(35)12-15-6-2-1-3-7-15)23(31)28-20(25(33)34)13-16-14-26-18-9-5-4-8-17(16)18/h1-9,14,19-21,26,35H,10-13H2,(H,27,32)(H,28,31)(H,29,30)(H,33,34)/t19?,20?,21-/m0/s1. The van der Waals surface area contributed by atoms with Crippen molar-refractivity contribution in [3.8, 4) is 0 Å². The second-order valence-corrected chi connectivity index (χ2v) is 8.79. The number of hydrogen-bond acceptors (Lipinski definition) is 5. The first-order chi connectivity index (χ1) is 16.7. The maximum atomic E-state index is 13.0. The number of aromatic amines is 1. The third-order valence-electron chi connectivity index (χ3n) is 5.57. The summed E-state index contributed by atoms with van der Waals surface area (Å²) in [6, 6.07) is 14.1. The Balaban J connectivity index is 1.69. The van der Waals surface area contributed by atoms with Crippen LogP contribution in [0.5, 0.6) is 0 Å². The van der Waals surface area contributed by atoms with E-state index in [-0.39, 0.29) is 19.3 Å². The van der Waals surface area contributed by atoms with E-state index in [1.54, 1.807) is 6.20 Å². The smallest absolute Gasteiger partial charge is 0.326 e. The number of carbonyl (C=O) groups is 4. The predicted octanol–water partition coefficient (Wildman–Crippen LogP) is 2.17. The average molecular weight is 498 g/mol. The topological polar surface area (TPSA) is 149 Å². The molecule has 184 valence electrons. The van der Waals surface area contributed by atoms with Crippen molar-refractivity contribution in [2.75, 3.05) is 0 Å². The summed E-state index contributed by atoms with van der Waals surface area (Å²) in [5, 5.41) is 23.8. The lowest BCUT2D eigenvalue weighted by atomic mass is 10.0. The molecule has 5 N–H and O–H groups in total. The summed E-state index contributed by atoms with van der Waals surface area (Å²) in [5.74, 6) is -3.71. The van der Waals surface area contributed by atoms with Crippen molar-refractivity contribution < 1.29 is 29.4 Å². The normalized spacial score (nSPS) is 13.5. The van der Waals surface area contributed by atoms with Gasteiger partial charge in [-0.3, -0.25) is 14.4 Å². The summed E-state index contributed by atoms with van der Waals surface area (Å²) in [5.41, 5.74) is 2.42. The Morgan fingerprint density at radius 2 is 1.51 bits per heavy atom. The Kier molecular flexibility index (Phi) is 8.91. The van der Waals surface area contributed by atoms with Gasteiger partial charge in [-0.1, -0.05) is 48.5 Å². The molecule has 2 amide bonds. The van der Waals surface area contributed by atoms with Crippen LogP contribution in [0.25, 0.3) is 10.9 Å². The van der Waals surface area contributed by atoms with Gasteiger partial charge < -0.3 is 25.8 Å². The first-order valence-corrected chi connectivity index (χ1v) is 11.6. The largest absolute Gasteiger partial charge is 0.481 e. The Morgan fingerprint density at radius 3 is 2.20 bits per heavy atom. The van der Waals surface area contributed by atoms with Crippen LogP contribution in [-0.2, 0) is 32.0 Å². The molecule has 0 aliphatic carbocycles. The minimum absolute atomic E-state index is 0.00782. The van der Waals surface area contributed by atoms with E-state index in [1.165, 1.54) is 0 Å². The van der Waals surface area contributed by atoms with Crippen LogP contribution in [-0.4, -0.2) is 56.3 Å². The number of nitrogens with one attached hydrogen (secondary N) is 3. The molecule has 0 aliphatic heterocycles. The summed E-state index contributed by atoms with van der Waals surface area (Å²) in [6.07, 6.45) is 1.42. The van der Waals surface area contributed by atoms with Crippen LogP contribution >= 0.6 is 12.6 Å². The Labute approximate surface area is 207 Å². The number of H-pyrrole nitrogens is 1. The number of carboxylic acids is 2. The van der Waals surface area contributed by atoms with Crippen LogP contribution in [0.15, 0.2) is 60.8 Å². The number of rotatable bonds is 12. The van der Waals surface area contributed by atoms with Crippen LogP contribution in [0.3, 0.4) is 0 Å². The fourth-order valence-corrected chi connectivity index (χ4v) is 4.01. The van der Waals surface area contributed by atoms with Crippen LogP contribution in [0, 0.1) is 0 Å². The van der Waals surface area contributed by atoms with Crippen LogP contribution in [0.4, 0.5) is 0 Å². The molecule has 3 atom stereocenters. The van der Waals surface area contributed by atoms with E-state index in [2.05, 4.69) is 28.2 Å². The van der Waals surface area contributed by atoms with Gasteiger partial charge in [-0.25, -0.2) is 4.79 Å². The first-order valence-electron chi connectivity index (χ1n) is 11.1. The molecule has 0 saturated heterocycles. The molecule has 3 rings (SSSR count). The van der Waals surface area contributed by atoms with Gasteiger partial charge >= 0.3 is 11.9 Å². The molecule has 10 heteroatoms. The lowest BCUT2D eigenvalue weighted by molar-refractivity contribution is -0.142. The first kappa shape index (κ1) is 25.8. The van der Waals surface area contributed by atoms with E-state index in [0.717, 1.165) is 16.5 Å². The highest BCUT2D eigenvalue weighted by Crippen LogP contribution is 2.19. The maximum absolute atomic E-state index is 13.0. The molecule has 9 nitrogen and oxygen atoms in total. The van der Waals surface area contributed by atoms with Gasteiger partial charge in [-0.15, -0.1) is 0 Å². The van der Waals surface area contributed by atoms with Crippen molar-refractivity contribution in [2.45, 2.75) is 43.0 Å². The van der Waals surface area contributed by atoms with Crippen molar-refractivity contribution in [3.05, 3.63) is 71.9 Å². The summed E-state index contributed by atoms with van der Waals surface area (Å²) < 4.78 is 0. The second-order valence-electron chi connectivity index (χ2n) is 8.16. The van der Waals surface area contributed by atoms with Crippen LogP contribution in [0.2, 0.25) is 0 Å². The van der Waals surface area contributed by atoms with Gasteiger partial charge in [0, 0.05) is 29.9 Å². The van der Waals surface area contributed by atoms with Gasteiger partial charge in [0.2, 0.25) is 11.8 Å². The van der Waals surface area contributed by atoms with E-state index in [9.17, 15) is 24.3 Å². The number of benzene rings is 2. The molecule has 1 heterocycles. The van der Waals surface area contributed by atoms with E-state index in [4.69, 9.17) is 5.11 Å². The number of para-hydroxylation sites is 1. The van der Waals surface area contributed by atoms with Gasteiger partial charge in [0.15, 0.2) is 0 Å². The second kappa shape index (κ2) is 12.1. The van der Waals surface area contributed by atoms with Crippen molar-refractivity contribution in [2.24, 2.45) is 0 Å². The SMILES string of the molecule is O=C(O)CCC(NC(=O)[C@@H](S)Cc1ccccc1)C(=O)NC(Cc1c[nH]c2ccccc12)C(=O)O. The molecular formula is C25H27N3O6S. The number of amides is 2. The van der Waals surface area contributed by atoms with Crippen molar-refractivity contribution in [1.29, 1.82) is 0 Å². The predicted molar refractivity (Wildman–Crippen MR) is 133 cm³/mol. The Bertz CT molecular complexity index is 1200. The monoisotopic (exact) mass is 497 g/mol. The number of carbonyl (C=O) groups excluding carboxylic acids is 2. The maximum Gasteiger partial charge on any atom is 0.326 e. The van der Waals surface area contributed by atoms with Gasteiger partial charge in [-0.2, -0.15) is 12.6 Å². The molecule has 0 saturated carbocycles. The molecule has 3 aromatic rings. The van der Waals surface area contributed by atoms with Gasteiger partial charge in [0.1, 0.15) is 12.1 Å². The Morgan fingerprint density at radius 1 is 0.857 bits per heavy atom. The van der Waals surface area contributed by atoms with Gasteiger partial charge in [-0.05, 0) is 30.0 Å². The minimum atomic E-state index is -1.28. The minimum Gasteiger partial charge on any atom is -0.481 e. The number of fused-ring (bicyclic) bond motifs is 1. The quantitative estimate of drug-likeness (QED) is 0.211. The van der Waals surface area contributed by atoms with Gasteiger partial charge in [0.25, 0.3) is 0 Å². The van der Waals surface area contributed by atoms with Gasteiger partial charge in [0.05, 0.1) is 5.25 Å². The fourth-order valence-electron chi connectivity index (χ4n) is 3.73. The third-order valence-corrected chi connectivity index (χ3v) is 5.99. The van der Waals surface area contributed by atoms with Crippen molar-refractivity contribution in [1.82, 2.24) is 15.6 Å². The van der Waals surface area contributed by atoms with Crippen molar-refractivity contribution >= 4 is 47.3 Å². The molecule has 2 aromatic carbocycles. The van der Waals surface area contributed by atoms with E-state index < -0.39 is 41.1 Å². The third kappa shape index (κ3) is 7.35. The molecule has 0 bridgehead atoms. The highest BCUT2D eigenvalue weighted by atomic mass is 32.1. The molecule has 0 radical (unpaired) electrons. The van der Waals surface area contributed by atoms with Crippen LogP contribution < -0.4 is 10.6 Å². The highest BCUT2D eigenvalue weighted by Gasteiger charge is 2.29. The lowest BCUT2D eigenvalue weighted by Gasteiger charge is -2.22. The average Bonchev–Trinajstić information content (AvgIpc) is 3.24. The molecule has 35 heavy (non-hydrogen) atoms. The number of aromatic nitrogens is 1. The molecule has 0 spiro atoms. The summed E-state index contributed by atoms with van der Waals surface area (Å²) in [6.45, 7) is 0. The number of carboxylic acid groups (broad SMARTS) is 2. The summed E-state index contributed by atoms with van der Waals surface area (Å²) >= 11 is 4.33. The molecule has 0 fully saturated rings. The lowest BCUT2D eigenvalue weighted by Crippen LogP contribution is -2.53. The number of aliphatic carboxylic acids is 2. The van der Waals surface area contributed by atoms with E-state index >= 15 is 0 Å². The zero-order chi connectivity index (χ0) is 25.4. The molecule has 2 unspecified atom stereocenters. The zero-order valence-electron chi connectivity index (χ0n) is 18.8. The Hall–Kier alpha value is -3.79. The molecular weight excluding hydrogens is 470 g/mol. The fraction of sp³-hybridized carbons (Fsp3) is 0.280. The number of thiol groups is 1. The highest BCUT2D eigenvalue weighted by molar-refractivity contribution is 7.81. The van der Waals surface area contributed by atoms with Crippen molar-refractivity contribution in [3.63, 3.8) is 0 Å². The van der Waals surface area contributed by atoms with E-state index in [1.807, 2.05) is 54.6 Å². The molecule has 0 aliphatic rings.